The summed E-state index contributed by atoms with van der Waals surface area (Å²) in [4.78, 5) is 29.7. The molecule has 1 saturated heterocycles. The summed E-state index contributed by atoms with van der Waals surface area (Å²) >= 11 is 0. The van der Waals surface area contributed by atoms with Crippen LogP contribution < -0.4 is 0 Å². The molecule has 1 heterocycles. The van der Waals surface area contributed by atoms with Crippen LogP contribution in [0.15, 0.2) is 30.3 Å². The van der Waals surface area contributed by atoms with Gasteiger partial charge in [0.05, 0.1) is 0 Å². The normalized spacial score (nSPS) is 23.3. The fraction of sp³-hybridized carbons (Fsp3) is 0.636. The van der Waals surface area contributed by atoms with Crippen molar-refractivity contribution in [1.29, 1.82) is 0 Å². The summed E-state index contributed by atoms with van der Waals surface area (Å²) in [6.07, 6.45) is 5.71. The highest BCUT2D eigenvalue weighted by atomic mass is 16.2. The molecule has 2 amide bonds. The number of carbonyl (C=O) groups is 2. The Morgan fingerprint density at radius 3 is 2.15 bits per heavy atom. The van der Waals surface area contributed by atoms with Crippen LogP contribution in [0.3, 0.4) is 0 Å². The first-order chi connectivity index (χ1) is 12.6. The average molecular weight is 357 g/mol. The smallest absolute Gasteiger partial charge is 0.226 e. The Balaban J connectivity index is 1.56. The fourth-order valence-corrected chi connectivity index (χ4v) is 4.31. The molecule has 2 aliphatic rings. The minimum absolute atomic E-state index is 0.0729. The van der Waals surface area contributed by atoms with Crippen LogP contribution in [0, 0.1) is 11.8 Å². The van der Waals surface area contributed by atoms with Crippen LogP contribution in [-0.2, 0) is 16.1 Å². The zero-order valence-electron chi connectivity index (χ0n) is 16.2. The Kier molecular flexibility index (Phi) is 6.33. The molecule has 0 radical (unpaired) electrons. The summed E-state index contributed by atoms with van der Waals surface area (Å²) in [6, 6.07) is 10.4. The molecule has 1 aliphatic carbocycles. The Morgan fingerprint density at radius 2 is 1.58 bits per heavy atom. The van der Waals surface area contributed by atoms with Crippen molar-refractivity contribution in [3.63, 3.8) is 0 Å². The number of nitrogens with zero attached hydrogens (tertiary/aromatic N) is 2. The molecule has 4 nitrogen and oxygen atoms in total. The number of rotatable bonds is 5. The van der Waals surface area contributed by atoms with Gasteiger partial charge in [0.1, 0.15) is 0 Å². The molecule has 1 aromatic carbocycles. The zero-order valence-corrected chi connectivity index (χ0v) is 16.2. The Labute approximate surface area is 157 Å². The van der Waals surface area contributed by atoms with Crippen LogP contribution in [0.2, 0.25) is 0 Å². The molecule has 1 aliphatic heterocycles. The van der Waals surface area contributed by atoms with Gasteiger partial charge in [-0.2, -0.15) is 0 Å². The maximum atomic E-state index is 13.1. The fourth-order valence-electron chi connectivity index (χ4n) is 4.31. The lowest BCUT2D eigenvalue weighted by atomic mass is 9.80. The number of hydrogen-bond acceptors (Lipinski definition) is 2. The van der Waals surface area contributed by atoms with E-state index in [2.05, 4.69) is 26.0 Å². The quantitative estimate of drug-likeness (QED) is 0.804. The summed E-state index contributed by atoms with van der Waals surface area (Å²) < 4.78 is 0. The van der Waals surface area contributed by atoms with Crippen LogP contribution in [-0.4, -0.2) is 40.7 Å². The van der Waals surface area contributed by atoms with E-state index >= 15 is 0 Å². The number of likely N-dealkylation sites (tertiary alicyclic amines) is 1. The van der Waals surface area contributed by atoms with Gasteiger partial charge in [-0.1, -0.05) is 30.3 Å². The van der Waals surface area contributed by atoms with Gasteiger partial charge in [0, 0.05) is 37.5 Å². The Morgan fingerprint density at radius 1 is 1.00 bits per heavy atom. The molecule has 1 saturated carbocycles. The molecule has 3 rings (SSSR count). The SMILES string of the molecule is CC(C)N(Cc1ccccc1)C(=O)C1CCC(C(=O)N2CCCC2)CC1. The van der Waals surface area contributed by atoms with Crippen molar-refractivity contribution >= 4 is 11.8 Å². The summed E-state index contributed by atoms with van der Waals surface area (Å²) in [6.45, 7) is 6.70. The predicted octanol–water partition coefficient (Wildman–Crippen LogP) is 3.85. The van der Waals surface area contributed by atoms with Crippen molar-refractivity contribution < 1.29 is 9.59 Å². The van der Waals surface area contributed by atoms with E-state index in [1.165, 1.54) is 5.56 Å². The average Bonchev–Trinajstić information content (AvgIpc) is 3.20. The van der Waals surface area contributed by atoms with Crippen LogP contribution in [0.5, 0.6) is 0 Å². The molecule has 0 spiro atoms. The predicted molar refractivity (Wildman–Crippen MR) is 103 cm³/mol. The van der Waals surface area contributed by atoms with Crippen LogP contribution in [0.4, 0.5) is 0 Å². The zero-order chi connectivity index (χ0) is 18.5. The largest absolute Gasteiger partial charge is 0.342 e. The maximum Gasteiger partial charge on any atom is 0.226 e. The highest BCUT2D eigenvalue weighted by molar-refractivity contribution is 5.81. The molecule has 0 N–H and O–H groups in total. The van der Waals surface area contributed by atoms with Crippen LogP contribution in [0.25, 0.3) is 0 Å². The maximum absolute atomic E-state index is 13.1. The lowest BCUT2D eigenvalue weighted by Gasteiger charge is -2.35. The lowest BCUT2D eigenvalue weighted by Crippen LogP contribution is -2.43. The first-order valence-electron chi connectivity index (χ1n) is 10.2. The standard InChI is InChI=1S/C22H32N2O2/c1-17(2)24(16-18-8-4-3-5-9-18)22(26)20-12-10-19(11-13-20)21(25)23-14-6-7-15-23/h3-5,8-9,17,19-20H,6-7,10-16H2,1-2H3. The van der Waals surface area contributed by atoms with E-state index in [0.717, 1.165) is 51.6 Å². The van der Waals surface area contributed by atoms with Crippen LogP contribution in [0.1, 0.15) is 57.9 Å². The van der Waals surface area contributed by atoms with Gasteiger partial charge in [-0.05, 0) is 57.9 Å². The molecule has 1 aromatic rings. The second kappa shape index (κ2) is 8.70. The van der Waals surface area contributed by atoms with Crippen LogP contribution >= 0.6 is 0 Å². The third-order valence-corrected chi connectivity index (χ3v) is 5.95. The Bertz CT molecular complexity index is 600. The van der Waals surface area contributed by atoms with Gasteiger partial charge in [-0.3, -0.25) is 9.59 Å². The molecule has 26 heavy (non-hydrogen) atoms. The van der Waals surface area contributed by atoms with E-state index in [0.29, 0.717) is 12.5 Å². The van der Waals surface area contributed by atoms with E-state index in [9.17, 15) is 9.59 Å². The molecule has 0 bridgehead atoms. The molecular formula is C22H32N2O2. The molecule has 4 heteroatoms. The van der Waals surface area contributed by atoms with E-state index in [4.69, 9.17) is 0 Å². The summed E-state index contributed by atoms with van der Waals surface area (Å²) in [5.74, 6) is 0.803. The third kappa shape index (κ3) is 4.46. The monoisotopic (exact) mass is 356 g/mol. The van der Waals surface area contributed by atoms with Crippen molar-refractivity contribution in [3.05, 3.63) is 35.9 Å². The van der Waals surface area contributed by atoms with E-state index in [-0.39, 0.29) is 23.8 Å². The topological polar surface area (TPSA) is 40.6 Å². The van der Waals surface area contributed by atoms with Gasteiger partial charge in [-0.15, -0.1) is 0 Å². The van der Waals surface area contributed by atoms with E-state index in [1.54, 1.807) is 0 Å². The van der Waals surface area contributed by atoms with Gasteiger partial charge >= 0.3 is 0 Å². The number of benzene rings is 1. The lowest BCUT2D eigenvalue weighted by molar-refractivity contribution is -0.142. The second-order valence-corrected chi connectivity index (χ2v) is 8.13. The molecule has 0 aromatic heterocycles. The molecule has 0 atom stereocenters. The molecular weight excluding hydrogens is 324 g/mol. The van der Waals surface area contributed by atoms with Gasteiger partial charge < -0.3 is 9.80 Å². The van der Waals surface area contributed by atoms with Crippen molar-refractivity contribution in [2.45, 2.75) is 65.0 Å². The number of amides is 2. The van der Waals surface area contributed by atoms with Crippen molar-refractivity contribution in [3.8, 4) is 0 Å². The third-order valence-electron chi connectivity index (χ3n) is 5.95. The molecule has 142 valence electrons. The van der Waals surface area contributed by atoms with Gasteiger partial charge in [0.15, 0.2) is 0 Å². The molecule has 2 fully saturated rings. The number of hydrogen-bond donors (Lipinski definition) is 0. The first kappa shape index (κ1) is 18.9. The van der Waals surface area contributed by atoms with Gasteiger partial charge in [-0.25, -0.2) is 0 Å². The first-order valence-corrected chi connectivity index (χ1v) is 10.2. The minimum atomic E-state index is 0.0729. The number of carbonyl (C=O) groups excluding carboxylic acids is 2. The molecule has 0 unspecified atom stereocenters. The van der Waals surface area contributed by atoms with E-state index in [1.807, 2.05) is 28.0 Å². The summed E-state index contributed by atoms with van der Waals surface area (Å²) in [5.41, 5.74) is 1.17. The van der Waals surface area contributed by atoms with Crippen molar-refractivity contribution in [1.82, 2.24) is 9.80 Å². The van der Waals surface area contributed by atoms with Gasteiger partial charge in [0.2, 0.25) is 11.8 Å². The highest BCUT2D eigenvalue weighted by Crippen LogP contribution is 2.32. The van der Waals surface area contributed by atoms with Crippen molar-refractivity contribution in [2.24, 2.45) is 11.8 Å². The summed E-state index contributed by atoms with van der Waals surface area (Å²) in [5, 5.41) is 0. The second-order valence-electron chi connectivity index (χ2n) is 8.13. The van der Waals surface area contributed by atoms with Crippen molar-refractivity contribution in [2.75, 3.05) is 13.1 Å². The van der Waals surface area contributed by atoms with E-state index < -0.39 is 0 Å². The minimum Gasteiger partial charge on any atom is -0.342 e. The summed E-state index contributed by atoms with van der Waals surface area (Å²) in [7, 11) is 0. The Hall–Kier alpha value is -1.84. The van der Waals surface area contributed by atoms with Gasteiger partial charge in [0.25, 0.3) is 0 Å². The highest BCUT2D eigenvalue weighted by Gasteiger charge is 2.34.